The van der Waals surface area contributed by atoms with Crippen LogP contribution in [0.15, 0.2) is 72.1 Å². The molecule has 3 heterocycles. The molecule has 34 heavy (non-hydrogen) atoms. The Morgan fingerprint density at radius 2 is 1.91 bits per heavy atom. The number of nitrogens with one attached hydrogen (secondary N) is 1. The van der Waals surface area contributed by atoms with Crippen LogP contribution >= 0.6 is 11.8 Å². The molecule has 0 saturated carbocycles. The Morgan fingerprint density at radius 3 is 2.68 bits per heavy atom. The average molecular weight is 473 g/mol. The maximum Gasteiger partial charge on any atom is 0.251 e. The lowest BCUT2D eigenvalue weighted by molar-refractivity contribution is 0.0858. The number of rotatable bonds is 8. The van der Waals surface area contributed by atoms with Crippen molar-refractivity contribution < 1.29 is 9.53 Å². The first-order valence-electron chi connectivity index (χ1n) is 11.6. The quantitative estimate of drug-likeness (QED) is 0.366. The van der Waals surface area contributed by atoms with Gasteiger partial charge in [0, 0.05) is 30.7 Å². The summed E-state index contributed by atoms with van der Waals surface area (Å²) in [6.07, 6.45) is 5.86. The van der Waals surface area contributed by atoms with Gasteiger partial charge in [-0.2, -0.15) is 0 Å². The maximum absolute atomic E-state index is 12.5. The van der Waals surface area contributed by atoms with E-state index in [1.54, 1.807) is 18.0 Å². The lowest BCUT2D eigenvalue weighted by atomic mass is 10.1. The SMILES string of the molecule is Cc1ccc(CSc2nc3ccncc3n2Cc2ccc(C(=O)NC[C@@H]3CCCO3)cc2)cc1. The largest absolute Gasteiger partial charge is 0.376 e. The number of aryl methyl sites for hydroxylation is 1. The van der Waals surface area contributed by atoms with Gasteiger partial charge in [-0.3, -0.25) is 9.78 Å². The van der Waals surface area contributed by atoms with Crippen LogP contribution in [0.2, 0.25) is 0 Å². The smallest absolute Gasteiger partial charge is 0.251 e. The molecule has 174 valence electrons. The number of nitrogens with zero attached hydrogens (tertiary/aromatic N) is 3. The standard InChI is InChI=1S/C27H28N4O2S/c1-19-4-6-21(7-5-19)18-34-27-30-24-12-13-28-16-25(24)31(27)17-20-8-10-22(11-9-20)26(32)29-15-23-3-2-14-33-23/h4-13,16,23H,2-3,14-15,17-18H2,1H3,(H,29,32)/t23-/m0/s1. The summed E-state index contributed by atoms with van der Waals surface area (Å²) in [4.78, 5) is 21.7. The molecule has 1 saturated heterocycles. The maximum atomic E-state index is 12.5. The van der Waals surface area contributed by atoms with E-state index in [9.17, 15) is 4.79 Å². The van der Waals surface area contributed by atoms with Crippen molar-refractivity contribution in [1.82, 2.24) is 19.9 Å². The van der Waals surface area contributed by atoms with Crippen molar-refractivity contribution in [2.75, 3.05) is 13.2 Å². The number of carbonyl (C=O) groups excluding carboxylic acids is 1. The molecule has 1 fully saturated rings. The predicted octanol–water partition coefficient (Wildman–Crippen LogP) is 4.99. The number of ether oxygens (including phenoxy) is 1. The van der Waals surface area contributed by atoms with Gasteiger partial charge in [0.05, 0.1) is 29.9 Å². The number of pyridine rings is 1. The lowest BCUT2D eigenvalue weighted by Gasteiger charge is -2.12. The van der Waals surface area contributed by atoms with Crippen molar-refractivity contribution in [3.05, 3.63) is 89.2 Å². The van der Waals surface area contributed by atoms with E-state index in [4.69, 9.17) is 9.72 Å². The van der Waals surface area contributed by atoms with E-state index in [1.807, 2.05) is 36.5 Å². The van der Waals surface area contributed by atoms with Crippen LogP contribution in [0.5, 0.6) is 0 Å². The number of hydrogen-bond acceptors (Lipinski definition) is 5. The molecule has 0 bridgehead atoms. The fraction of sp³-hybridized carbons (Fsp3) is 0.296. The van der Waals surface area contributed by atoms with E-state index in [0.717, 1.165) is 47.0 Å². The zero-order chi connectivity index (χ0) is 23.3. The van der Waals surface area contributed by atoms with Crippen LogP contribution in [0.4, 0.5) is 0 Å². The Morgan fingerprint density at radius 1 is 1.12 bits per heavy atom. The van der Waals surface area contributed by atoms with Crippen molar-refractivity contribution in [1.29, 1.82) is 0 Å². The minimum Gasteiger partial charge on any atom is -0.376 e. The molecule has 0 unspecified atom stereocenters. The molecule has 1 amide bonds. The first kappa shape index (κ1) is 22.6. The Hall–Kier alpha value is -3.16. The number of benzene rings is 2. The summed E-state index contributed by atoms with van der Waals surface area (Å²) >= 11 is 1.73. The number of amides is 1. The molecule has 5 rings (SSSR count). The van der Waals surface area contributed by atoms with Gasteiger partial charge in [-0.15, -0.1) is 0 Å². The summed E-state index contributed by atoms with van der Waals surface area (Å²) < 4.78 is 7.79. The Kier molecular flexibility index (Phi) is 6.92. The number of thioether (sulfide) groups is 1. The van der Waals surface area contributed by atoms with E-state index in [1.165, 1.54) is 11.1 Å². The van der Waals surface area contributed by atoms with Crippen LogP contribution in [-0.4, -0.2) is 39.7 Å². The van der Waals surface area contributed by atoms with Gasteiger partial charge >= 0.3 is 0 Å². The third-order valence-corrected chi connectivity index (χ3v) is 7.12. The molecule has 0 spiro atoms. The van der Waals surface area contributed by atoms with E-state index in [0.29, 0.717) is 18.7 Å². The van der Waals surface area contributed by atoms with Gasteiger partial charge in [-0.05, 0) is 49.1 Å². The normalized spacial score (nSPS) is 15.6. The highest BCUT2D eigenvalue weighted by molar-refractivity contribution is 7.98. The van der Waals surface area contributed by atoms with Crippen LogP contribution in [0.3, 0.4) is 0 Å². The Bertz CT molecular complexity index is 1260. The van der Waals surface area contributed by atoms with Gasteiger partial charge < -0.3 is 14.6 Å². The zero-order valence-electron chi connectivity index (χ0n) is 19.2. The second-order valence-corrected chi connectivity index (χ2v) is 9.60. The van der Waals surface area contributed by atoms with Gasteiger partial charge in [-0.25, -0.2) is 4.98 Å². The molecule has 1 aliphatic rings. The van der Waals surface area contributed by atoms with Crippen LogP contribution in [0.1, 0.15) is 39.9 Å². The minimum atomic E-state index is -0.0614. The molecule has 2 aromatic heterocycles. The van der Waals surface area contributed by atoms with E-state index >= 15 is 0 Å². The summed E-state index contributed by atoms with van der Waals surface area (Å²) in [7, 11) is 0. The molecule has 4 aromatic rings. The third kappa shape index (κ3) is 5.32. The molecular weight excluding hydrogens is 444 g/mol. The zero-order valence-corrected chi connectivity index (χ0v) is 20.1. The molecule has 1 N–H and O–H groups in total. The van der Waals surface area contributed by atoms with Gasteiger partial charge in [0.25, 0.3) is 5.91 Å². The van der Waals surface area contributed by atoms with Crippen molar-refractivity contribution in [2.24, 2.45) is 0 Å². The number of aromatic nitrogens is 3. The Labute approximate surface area is 203 Å². The highest BCUT2D eigenvalue weighted by Gasteiger charge is 2.17. The number of hydrogen-bond donors (Lipinski definition) is 1. The van der Waals surface area contributed by atoms with Crippen molar-refractivity contribution in [3.8, 4) is 0 Å². The lowest BCUT2D eigenvalue weighted by Crippen LogP contribution is -2.31. The van der Waals surface area contributed by atoms with Crippen molar-refractivity contribution in [3.63, 3.8) is 0 Å². The molecule has 0 aliphatic carbocycles. The van der Waals surface area contributed by atoms with Gasteiger partial charge in [0.15, 0.2) is 5.16 Å². The number of carbonyl (C=O) groups is 1. The minimum absolute atomic E-state index is 0.0614. The summed E-state index contributed by atoms with van der Waals surface area (Å²) in [5.41, 5.74) is 6.24. The van der Waals surface area contributed by atoms with Crippen molar-refractivity contribution >= 4 is 28.7 Å². The van der Waals surface area contributed by atoms with E-state index in [2.05, 4.69) is 46.1 Å². The predicted molar refractivity (Wildman–Crippen MR) is 135 cm³/mol. The van der Waals surface area contributed by atoms with E-state index in [-0.39, 0.29) is 12.0 Å². The fourth-order valence-electron chi connectivity index (χ4n) is 4.10. The first-order chi connectivity index (χ1) is 16.7. The van der Waals surface area contributed by atoms with Crippen LogP contribution < -0.4 is 5.32 Å². The third-order valence-electron chi connectivity index (χ3n) is 6.08. The molecule has 7 heteroatoms. The highest BCUT2D eigenvalue weighted by atomic mass is 32.2. The summed E-state index contributed by atoms with van der Waals surface area (Å²) in [5.74, 6) is 0.787. The summed E-state index contributed by atoms with van der Waals surface area (Å²) in [6.45, 7) is 4.12. The topological polar surface area (TPSA) is 69.0 Å². The molecule has 1 aliphatic heterocycles. The molecule has 2 aromatic carbocycles. The second-order valence-electron chi connectivity index (χ2n) is 8.66. The fourth-order valence-corrected chi connectivity index (χ4v) is 5.07. The molecule has 0 radical (unpaired) electrons. The molecule has 6 nitrogen and oxygen atoms in total. The number of imidazole rings is 1. The van der Waals surface area contributed by atoms with Gasteiger partial charge in [0.2, 0.25) is 0 Å². The molecular formula is C27H28N4O2S. The van der Waals surface area contributed by atoms with Crippen LogP contribution in [-0.2, 0) is 17.0 Å². The Balaban J connectivity index is 1.30. The van der Waals surface area contributed by atoms with Crippen LogP contribution in [0.25, 0.3) is 11.0 Å². The second kappa shape index (κ2) is 10.4. The van der Waals surface area contributed by atoms with Crippen LogP contribution in [0, 0.1) is 6.92 Å². The first-order valence-corrected chi connectivity index (χ1v) is 12.6. The monoisotopic (exact) mass is 472 g/mol. The molecule has 1 atom stereocenters. The van der Waals surface area contributed by atoms with Crippen molar-refractivity contribution in [2.45, 2.75) is 43.3 Å². The summed E-state index contributed by atoms with van der Waals surface area (Å²) in [5, 5.41) is 3.94. The van der Waals surface area contributed by atoms with E-state index < -0.39 is 0 Å². The highest BCUT2D eigenvalue weighted by Crippen LogP contribution is 2.27. The summed E-state index contributed by atoms with van der Waals surface area (Å²) in [6, 6.07) is 18.4. The van der Waals surface area contributed by atoms with Gasteiger partial charge in [-0.1, -0.05) is 53.7 Å². The van der Waals surface area contributed by atoms with Gasteiger partial charge in [0.1, 0.15) is 0 Å². The average Bonchev–Trinajstić information content (AvgIpc) is 3.51. The number of fused-ring (bicyclic) bond motifs is 1.